The number of amides is 1. The van der Waals surface area contributed by atoms with Crippen molar-refractivity contribution in [3.05, 3.63) is 109 Å². The number of aliphatic hydroxyl groups is 1. The van der Waals surface area contributed by atoms with E-state index in [1.54, 1.807) is 31.2 Å². The maximum atomic E-state index is 14.1. The van der Waals surface area contributed by atoms with E-state index in [4.69, 9.17) is 4.74 Å². The number of non-ortho nitro benzene ring substituents is 1. The number of hydrogen-bond donors (Lipinski definition) is 4. The molecule has 1 heterocycles. The summed E-state index contributed by atoms with van der Waals surface area (Å²) in [6.07, 6.45) is 1.51. The third-order valence-corrected chi connectivity index (χ3v) is 7.10. The van der Waals surface area contributed by atoms with Gasteiger partial charge in [-0.3, -0.25) is 24.5 Å². The SMILES string of the molecule is CCOC(=O)C[C@@H](NC(=O)C(Nc1ccc2nc[nH]c(=O)c2c1)c1cc(C)c(CCO)c(C)c1)c1cccc([N+](=O)[O-])c1. The molecule has 1 unspecified atom stereocenters. The normalized spacial score (nSPS) is 12.4. The molecule has 0 radical (unpaired) electrons. The molecule has 2 atom stereocenters. The van der Waals surface area contributed by atoms with Crippen molar-refractivity contribution < 1.29 is 24.4 Å². The average Bonchev–Trinajstić information content (AvgIpc) is 2.97. The first-order valence-corrected chi connectivity index (χ1v) is 13.8. The minimum absolute atomic E-state index is 0.0262. The Morgan fingerprint density at radius 1 is 1.09 bits per heavy atom. The lowest BCUT2D eigenvalue weighted by Gasteiger charge is -2.25. The Balaban J connectivity index is 1.76. The Hall–Kier alpha value is -5.10. The van der Waals surface area contributed by atoms with Crippen LogP contribution in [0.15, 0.2) is 65.7 Å². The van der Waals surface area contributed by atoms with Crippen molar-refractivity contribution >= 4 is 34.2 Å². The molecule has 3 aromatic carbocycles. The third-order valence-electron chi connectivity index (χ3n) is 7.10. The van der Waals surface area contributed by atoms with Crippen LogP contribution >= 0.6 is 0 Å². The first-order chi connectivity index (χ1) is 20.6. The van der Waals surface area contributed by atoms with Gasteiger partial charge < -0.3 is 25.5 Å². The van der Waals surface area contributed by atoms with Crippen molar-refractivity contribution in [1.29, 1.82) is 0 Å². The van der Waals surface area contributed by atoms with Crippen molar-refractivity contribution in [3.63, 3.8) is 0 Å². The largest absolute Gasteiger partial charge is 0.466 e. The number of nitro benzene ring substituents is 1. The van der Waals surface area contributed by atoms with Crippen LogP contribution in [0.5, 0.6) is 0 Å². The lowest BCUT2D eigenvalue weighted by Crippen LogP contribution is -2.37. The van der Waals surface area contributed by atoms with E-state index in [2.05, 4.69) is 20.6 Å². The molecule has 0 saturated heterocycles. The molecule has 224 valence electrons. The number of nitrogens with one attached hydrogen (secondary N) is 3. The highest BCUT2D eigenvalue weighted by Gasteiger charge is 2.28. The monoisotopic (exact) mass is 587 g/mol. The molecule has 4 N–H and O–H groups in total. The van der Waals surface area contributed by atoms with Crippen LogP contribution in [0.25, 0.3) is 10.9 Å². The van der Waals surface area contributed by atoms with Crippen molar-refractivity contribution in [3.8, 4) is 0 Å². The molecular formula is C31H33N5O7. The van der Waals surface area contributed by atoms with Gasteiger partial charge in [0.05, 0.1) is 41.2 Å². The predicted octanol–water partition coefficient (Wildman–Crippen LogP) is 3.95. The highest BCUT2D eigenvalue weighted by atomic mass is 16.6. The molecule has 12 heteroatoms. The minimum atomic E-state index is -1.00. The van der Waals surface area contributed by atoms with Gasteiger partial charge in [-0.05, 0) is 73.2 Å². The molecule has 0 aliphatic heterocycles. The van der Waals surface area contributed by atoms with Crippen LogP contribution in [0.2, 0.25) is 0 Å². The summed E-state index contributed by atoms with van der Waals surface area (Å²) in [7, 11) is 0. The molecule has 0 aliphatic rings. The van der Waals surface area contributed by atoms with Gasteiger partial charge in [-0.1, -0.05) is 24.3 Å². The fraction of sp³-hybridized carbons (Fsp3) is 0.290. The number of carbonyl (C=O) groups is 2. The van der Waals surface area contributed by atoms with Crippen molar-refractivity contribution in [2.75, 3.05) is 18.5 Å². The van der Waals surface area contributed by atoms with Crippen LogP contribution in [0.3, 0.4) is 0 Å². The summed E-state index contributed by atoms with van der Waals surface area (Å²) < 4.78 is 5.11. The van der Waals surface area contributed by atoms with Gasteiger partial charge >= 0.3 is 5.97 Å². The van der Waals surface area contributed by atoms with Gasteiger partial charge in [0.2, 0.25) is 5.91 Å². The second-order valence-electron chi connectivity index (χ2n) is 10.1. The number of carbonyl (C=O) groups excluding carboxylic acids is 2. The van der Waals surface area contributed by atoms with E-state index in [0.717, 1.165) is 16.7 Å². The van der Waals surface area contributed by atoms with Gasteiger partial charge in [0.1, 0.15) is 6.04 Å². The quantitative estimate of drug-likeness (QED) is 0.109. The average molecular weight is 588 g/mol. The summed E-state index contributed by atoms with van der Waals surface area (Å²) in [5.74, 6) is -1.10. The summed E-state index contributed by atoms with van der Waals surface area (Å²) in [5, 5.41) is 27.4. The van der Waals surface area contributed by atoms with Gasteiger partial charge in [0, 0.05) is 24.4 Å². The second-order valence-corrected chi connectivity index (χ2v) is 10.1. The highest BCUT2D eigenvalue weighted by molar-refractivity contribution is 5.88. The molecule has 4 aromatic rings. The number of aromatic amines is 1. The number of aliphatic hydroxyl groups excluding tert-OH is 1. The second kappa shape index (κ2) is 13.7. The van der Waals surface area contributed by atoms with E-state index >= 15 is 0 Å². The van der Waals surface area contributed by atoms with Crippen LogP contribution in [-0.2, 0) is 20.7 Å². The molecule has 0 bridgehead atoms. The Bertz CT molecular complexity index is 1700. The van der Waals surface area contributed by atoms with Crippen LogP contribution in [-0.4, -0.2) is 45.1 Å². The molecular weight excluding hydrogens is 554 g/mol. The third kappa shape index (κ3) is 7.41. The Morgan fingerprint density at radius 2 is 1.84 bits per heavy atom. The summed E-state index contributed by atoms with van der Waals surface area (Å²) in [6.45, 7) is 5.55. The summed E-state index contributed by atoms with van der Waals surface area (Å²) in [6, 6.07) is 12.4. The number of nitrogens with zero attached hydrogens (tertiary/aromatic N) is 2. The first-order valence-electron chi connectivity index (χ1n) is 13.8. The fourth-order valence-corrected chi connectivity index (χ4v) is 5.07. The maximum Gasteiger partial charge on any atom is 0.308 e. The predicted molar refractivity (Wildman–Crippen MR) is 161 cm³/mol. The van der Waals surface area contributed by atoms with Gasteiger partial charge in [-0.25, -0.2) is 4.98 Å². The number of aryl methyl sites for hydroxylation is 2. The van der Waals surface area contributed by atoms with Gasteiger partial charge in [-0.15, -0.1) is 0 Å². The molecule has 4 rings (SSSR count). The van der Waals surface area contributed by atoms with Crippen LogP contribution in [0.1, 0.15) is 53.2 Å². The van der Waals surface area contributed by atoms with Gasteiger partial charge in [0.25, 0.3) is 11.2 Å². The van der Waals surface area contributed by atoms with Crippen molar-refractivity contribution in [1.82, 2.24) is 15.3 Å². The maximum absolute atomic E-state index is 14.1. The number of anilines is 1. The molecule has 0 fully saturated rings. The highest BCUT2D eigenvalue weighted by Crippen LogP contribution is 2.29. The number of rotatable bonds is 12. The topological polar surface area (TPSA) is 177 Å². The lowest BCUT2D eigenvalue weighted by atomic mass is 9.93. The van der Waals surface area contributed by atoms with E-state index in [0.29, 0.717) is 34.1 Å². The van der Waals surface area contributed by atoms with Crippen molar-refractivity contribution in [2.45, 2.75) is 45.7 Å². The standard InChI is InChI=1S/C31H33N5O7/c1-4-43-28(38)16-27(20-6-5-7-23(14-20)36(41)42)35-31(40)29(21-12-18(2)24(10-11-37)19(3)13-21)34-22-8-9-26-25(15-22)30(39)33-17-32-26/h5-9,12-15,17,27,29,34,37H,4,10-11,16H2,1-3H3,(H,35,40)(H,32,33,39)/t27-,29?/m1/s1. The summed E-state index contributed by atoms with van der Waals surface area (Å²) in [4.78, 5) is 56.6. The molecule has 0 aliphatic carbocycles. The molecule has 12 nitrogen and oxygen atoms in total. The number of H-pyrrole nitrogens is 1. The van der Waals surface area contributed by atoms with E-state index in [1.807, 2.05) is 26.0 Å². The Kier molecular flexibility index (Phi) is 9.83. The van der Waals surface area contributed by atoms with E-state index in [9.17, 15) is 29.6 Å². The Labute approximate surface area is 247 Å². The molecule has 43 heavy (non-hydrogen) atoms. The Morgan fingerprint density at radius 3 is 2.51 bits per heavy atom. The molecule has 0 saturated carbocycles. The number of aromatic nitrogens is 2. The lowest BCUT2D eigenvalue weighted by molar-refractivity contribution is -0.384. The summed E-state index contributed by atoms with van der Waals surface area (Å²) in [5.41, 5.74) is 4.12. The molecule has 0 spiro atoms. The fourth-order valence-electron chi connectivity index (χ4n) is 5.07. The first kappa shape index (κ1) is 30.8. The molecule has 1 amide bonds. The zero-order valence-corrected chi connectivity index (χ0v) is 24.0. The number of hydrogen-bond acceptors (Lipinski definition) is 9. The van der Waals surface area contributed by atoms with E-state index < -0.39 is 28.9 Å². The number of nitro groups is 1. The molecule has 1 aromatic heterocycles. The van der Waals surface area contributed by atoms with Gasteiger partial charge in [-0.2, -0.15) is 0 Å². The van der Waals surface area contributed by atoms with Crippen LogP contribution < -0.4 is 16.2 Å². The van der Waals surface area contributed by atoms with Crippen molar-refractivity contribution in [2.24, 2.45) is 0 Å². The number of ether oxygens (including phenoxy) is 1. The smallest absolute Gasteiger partial charge is 0.308 e. The minimum Gasteiger partial charge on any atom is -0.466 e. The van der Waals surface area contributed by atoms with E-state index in [1.165, 1.54) is 24.5 Å². The van der Waals surface area contributed by atoms with Crippen LogP contribution in [0.4, 0.5) is 11.4 Å². The van der Waals surface area contributed by atoms with Gasteiger partial charge in [0.15, 0.2) is 0 Å². The van der Waals surface area contributed by atoms with Crippen LogP contribution in [0, 0.1) is 24.0 Å². The van der Waals surface area contributed by atoms with E-state index in [-0.39, 0.29) is 30.9 Å². The zero-order chi connectivity index (χ0) is 31.1. The summed E-state index contributed by atoms with van der Waals surface area (Å²) >= 11 is 0. The number of esters is 1. The zero-order valence-electron chi connectivity index (χ0n) is 24.0. The number of benzene rings is 3. The number of fused-ring (bicyclic) bond motifs is 1.